The zero-order valence-electron chi connectivity index (χ0n) is 9.75. The maximum Gasteiger partial charge on any atom is 0.0692 e. The second-order valence-corrected chi connectivity index (χ2v) is 5.08. The van der Waals surface area contributed by atoms with Crippen LogP contribution in [-0.4, -0.2) is 11.2 Å². The fraction of sp³-hybridized carbons (Fsp3) is 0.692. The van der Waals surface area contributed by atoms with Gasteiger partial charge in [-0.3, -0.25) is 0 Å². The Morgan fingerprint density at radius 1 is 1.57 bits per heavy atom. The smallest absolute Gasteiger partial charge is 0.0692 e. The van der Waals surface area contributed by atoms with Crippen LogP contribution in [0.2, 0.25) is 0 Å². The number of aliphatic hydroxyl groups is 1. The van der Waals surface area contributed by atoms with Crippen molar-refractivity contribution in [3.8, 4) is 0 Å². The molecule has 0 unspecified atom stereocenters. The third-order valence-electron chi connectivity index (χ3n) is 3.17. The molecule has 1 heteroatoms. The van der Waals surface area contributed by atoms with E-state index >= 15 is 0 Å². The predicted molar refractivity (Wildman–Crippen MR) is 61.1 cm³/mol. The molecule has 0 spiro atoms. The molecule has 0 aliphatic heterocycles. The quantitative estimate of drug-likeness (QED) is 0.669. The van der Waals surface area contributed by atoms with E-state index in [-0.39, 0.29) is 6.10 Å². The first-order valence-corrected chi connectivity index (χ1v) is 5.46. The molecule has 0 saturated carbocycles. The Hall–Kier alpha value is -0.560. The van der Waals surface area contributed by atoms with E-state index in [4.69, 9.17) is 0 Å². The van der Waals surface area contributed by atoms with Gasteiger partial charge in [0.2, 0.25) is 0 Å². The van der Waals surface area contributed by atoms with Crippen LogP contribution in [-0.2, 0) is 0 Å². The largest absolute Gasteiger partial charge is 0.389 e. The molecule has 2 atom stereocenters. The lowest BCUT2D eigenvalue weighted by molar-refractivity contribution is 0.234. The summed E-state index contributed by atoms with van der Waals surface area (Å²) in [6, 6.07) is 0. The fourth-order valence-corrected chi connectivity index (χ4v) is 2.25. The molecule has 0 aromatic carbocycles. The van der Waals surface area contributed by atoms with Gasteiger partial charge in [0.05, 0.1) is 6.10 Å². The minimum atomic E-state index is -0.333. The molecule has 1 rings (SSSR count). The summed E-state index contributed by atoms with van der Waals surface area (Å²) in [5.41, 5.74) is 1.78. The van der Waals surface area contributed by atoms with Gasteiger partial charge in [0.25, 0.3) is 0 Å². The molecule has 0 amide bonds. The average Bonchev–Trinajstić information content (AvgIpc) is 2.01. The fourth-order valence-electron chi connectivity index (χ4n) is 2.25. The van der Waals surface area contributed by atoms with Crippen LogP contribution in [0, 0.1) is 11.3 Å². The van der Waals surface area contributed by atoms with Crippen LogP contribution in [0.3, 0.4) is 0 Å². The van der Waals surface area contributed by atoms with E-state index in [0.29, 0.717) is 11.3 Å². The van der Waals surface area contributed by atoms with Gasteiger partial charge in [-0.15, -0.1) is 0 Å². The van der Waals surface area contributed by atoms with E-state index in [1.54, 1.807) is 6.92 Å². The lowest BCUT2D eigenvalue weighted by Gasteiger charge is -2.36. The van der Waals surface area contributed by atoms with Crippen LogP contribution >= 0.6 is 0 Å². The van der Waals surface area contributed by atoms with Crippen LogP contribution in [0.25, 0.3) is 0 Å². The second kappa shape index (κ2) is 4.31. The van der Waals surface area contributed by atoms with Crippen molar-refractivity contribution < 1.29 is 5.11 Å². The van der Waals surface area contributed by atoms with Gasteiger partial charge >= 0.3 is 0 Å². The minimum Gasteiger partial charge on any atom is -0.389 e. The van der Waals surface area contributed by atoms with Gasteiger partial charge in [0, 0.05) is 5.92 Å². The number of hydrogen-bond acceptors (Lipinski definition) is 1. The highest BCUT2D eigenvalue weighted by atomic mass is 16.3. The van der Waals surface area contributed by atoms with Gasteiger partial charge in [-0.25, -0.2) is 0 Å². The molecular weight excluding hydrogens is 172 g/mol. The van der Waals surface area contributed by atoms with E-state index in [2.05, 4.69) is 32.9 Å². The monoisotopic (exact) mass is 194 g/mol. The van der Waals surface area contributed by atoms with Crippen molar-refractivity contribution in [1.82, 2.24) is 0 Å². The number of aliphatic hydroxyl groups excluding tert-OH is 1. The summed E-state index contributed by atoms with van der Waals surface area (Å²) < 4.78 is 0. The molecule has 1 aliphatic rings. The Balaban J connectivity index is 2.81. The summed E-state index contributed by atoms with van der Waals surface area (Å²) in [5.74, 6) is 0.492. The Kier molecular flexibility index (Phi) is 3.54. The highest BCUT2D eigenvalue weighted by Gasteiger charge is 2.30. The molecule has 0 aromatic rings. The van der Waals surface area contributed by atoms with Crippen LogP contribution in [0.5, 0.6) is 0 Å². The minimum absolute atomic E-state index is 0.333. The lowest BCUT2D eigenvalue weighted by Crippen LogP contribution is -2.26. The van der Waals surface area contributed by atoms with E-state index in [1.807, 2.05) is 6.08 Å². The van der Waals surface area contributed by atoms with Crippen molar-refractivity contribution >= 4 is 0 Å². The molecule has 0 saturated heterocycles. The van der Waals surface area contributed by atoms with Crippen molar-refractivity contribution in [3.63, 3.8) is 0 Å². The molecule has 0 aromatic heterocycles. The predicted octanol–water partition coefficient (Wildman–Crippen LogP) is 3.31. The molecule has 0 radical (unpaired) electrons. The molecule has 1 nitrogen and oxygen atoms in total. The maximum atomic E-state index is 9.23. The molecular formula is C13H22O. The van der Waals surface area contributed by atoms with E-state index in [9.17, 15) is 5.11 Å². The zero-order valence-corrected chi connectivity index (χ0v) is 9.75. The van der Waals surface area contributed by atoms with Crippen LogP contribution in [0.4, 0.5) is 0 Å². The van der Waals surface area contributed by atoms with Gasteiger partial charge in [-0.1, -0.05) is 37.6 Å². The summed E-state index contributed by atoms with van der Waals surface area (Å²) in [5, 5.41) is 9.23. The summed E-state index contributed by atoms with van der Waals surface area (Å²) in [6.45, 7) is 8.60. The van der Waals surface area contributed by atoms with Crippen LogP contribution in [0.1, 0.15) is 40.5 Å². The summed E-state index contributed by atoms with van der Waals surface area (Å²) in [7, 11) is 0. The molecule has 0 fully saturated rings. The number of rotatable bonds is 2. The van der Waals surface area contributed by atoms with Gasteiger partial charge in [-0.05, 0) is 32.1 Å². The molecule has 1 aliphatic carbocycles. The Labute approximate surface area is 87.5 Å². The van der Waals surface area contributed by atoms with E-state index in [0.717, 1.165) is 0 Å². The van der Waals surface area contributed by atoms with Crippen LogP contribution in [0.15, 0.2) is 23.8 Å². The maximum absolute atomic E-state index is 9.23. The topological polar surface area (TPSA) is 20.2 Å². The SMILES string of the molecule is CC1=CCCC(C)(C)[C@H]1/C=C/[C@H](C)O. The molecule has 1 N–H and O–H groups in total. The third-order valence-corrected chi connectivity index (χ3v) is 3.17. The Morgan fingerprint density at radius 2 is 2.21 bits per heavy atom. The first-order chi connectivity index (χ1) is 6.43. The van der Waals surface area contributed by atoms with Crippen LogP contribution < -0.4 is 0 Å². The molecule has 0 bridgehead atoms. The molecule has 0 heterocycles. The second-order valence-electron chi connectivity index (χ2n) is 5.08. The van der Waals surface area contributed by atoms with Crippen molar-refractivity contribution in [1.29, 1.82) is 0 Å². The number of hydrogen-bond donors (Lipinski definition) is 1. The summed E-state index contributed by atoms with van der Waals surface area (Å²) >= 11 is 0. The molecule has 80 valence electrons. The molecule has 14 heavy (non-hydrogen) atoms. The van der Waals surface area contributed by atoms with Gasteiger partial charge in [0.15, 0.2) is 0 Å². The third kappa shape index (κ3) is 2.71. The van der Waals surface area contributed by atoms with Gasteiger partial charge < -0.3 is 5.11 Å². The standard InChI is InChI=1S/C13H22O/c1-10-6-5-9-13(3,4)12(10)8-7-11(2)14/h6-8,11-12,14H,5,9H2,1-4H3/b8-7+/t11-,12-/m0/s1. The highest BCUT2D eigenvalue weighted by molar-refractivity contribution is 5.19. The van der Waals surface area contributed by atoms with Crippen molar-refractivity contribution in [2.75, 3.05) is 0 Å². The Bertz CT molecular complexity index is 246. The summed E-state index contributed by atoms with van der Waals surface area (Å²) in [6.07, 6.45) is 8.48. The highest BCUT2D eigenvalue weighted by Crippen LogP contribution is 2.41. The van der Waals surface area contributed by atoms with Crippen molar-refractivity contribution in [2.24, 2.45) is 11.3 Å². The first-order valence-electron chi connectivity index (χ1n) is 5.46. The lowest BCUT2D eigenvalue weighted by atomic mass is 9.68. The number of allylic oxidation sites excluding steroid dienone is 3. The van der Waals surface area contributed by atoms with Gasteiger partial charge in [0.1, 0.15) is 0 Å². The van der Waals surface area contributed by atoms with Crippen molar-refractivity contribution in [3.05, 3.63) is 23.8 Å². The zero-order chi connectivity index (χ0) is 10.8. The van der Waals surface area contributed by atoms with E-state index < -0.39 is 0 Å². The van der Waals surface area contributed by atoms with E-state index in [1.165, 1.54) is 18.4 Å². The average molecular weight is 194 g/mol. The van der Waals surface area contributed by atoms with Crippen molar-refractivity contribution in [2.45, 2.75) is 46.6 Å². The van der Waals surface area contributed by atoms with Gasteiger partial charge in [-0.2, -0.15) is 0 Å². The Morgan fingerprint density at radius 3 is 2.71 bits per heavy atom. The first kappa shape index (κ1) is 11.5. The summed E-state index contributed by atoms with van der Waals surface area (Å²) in [4.78, 5) is 0. The normalized spacial score (nSPS) is 28.9.